The fourth-order valence-corrected chi connectivity index (χ4v) is 3.10. The molecule has 1 atom stereocenters. The monoisotopic (exact) mass is 474 g/mol. The molecule has 3 aromatic carbocycles. The zero-order valence-corrected chi connectivity index (χ0v) is 20.1. The lowest BCUT2D eigenvalue weighted by atomic mass is 10.0. The van der Waals surface area contributed by atoms with Crippen LogP contribution in [0.1, 0.15) is 30.6 Å². The van der Waals surface area contributed by atoms with Crippen LogP contribution in [-0.4, -0.2) is 31.8 Å². The number of ether oxygens (including phenoxy) is 4. The third-order valence-corrected chi connectivity index (χ3v) is 5.03. The van der Waals surface area contributed by atoms with Crippen LogP contribution in [0.25, 0.3) is 11.1 Å². The summed E-state index contributed by atoms with van der Waals surface area (Å²) in [6.07, 6.45) is 2.07. The minimum atomic E-state index is -0.438. The molecule has 0 bridgehead atoms. The number of hydrogen-bond acceptors (Lipinski definition) is 6. The Morgan fingerprint density at radius 1 is 0.800 bits per heavy atom. The molecule has 182 valence electrons. The standard InChI is InChI=1S/C29H30O6/c1-4-18-32-25-14-16-27(17-15-25)35-29(31)24-8-6-22(7-9-24)23-10-12-26(13-11-23)33-19-21(3)20-34-28(30)5-2/h5-17,21H,2,4,18-20H2,1,3H3/t21-/m1/s1. The minimum Gasteiger partial charge on any atom is -0.494 e. The molecule has 0 saturated heterocycles. The average molecular weight is 475 g/mol. The Balaban J connectivity index is 1.52. The van der Waals surface area contributed by atoms with Gasteiger partial charge in [-0.3, -0.25) is 0 Å². The van der Waals surface area contributed by atoms with Crippen molar-refractivity contribution in [1.29, 1.82) is 0 Å². The topological polar surface area (TPSA) is 71.1 Å². The van der Waals surface area contributed by atoms with Crippen LogP contribution < -0.4 is 14.2 Å². The van der Waals surface area contributed by atoms with Gasteiger partial charge in [0, 0.05) is 12.0 Å². The normalized spacial score (nSPS) is 11.3. The first-order chi connectivity index (χ1) is 17.0. The smallest absolute Gasteiger partial charge is 0.343 e. The Labute approximate surface area is 206 Å². The molecule has 0 fully saturated rings. The van der Waals surface area contributed by atoms with E-state index < -0.39 is 11.9 Å². The Morgan fingerprint density at radius 2 is 1.34 bits per heavy atom. The van der Waals surface area contributed by atoms with Gasteiger partial charge in [0.15, 0.2) is 0 Å². The molecule has 6 heteroatoms. The molecule has 0 heterocycles. The van der Waals surface area contributed by atoms with Gasteiger partial charge in [0.05, 0.1) is 25.4 Å². The van der Waals surface area contributed by atoms with E-state index in [4.69, 9.17) is 18.9 Å². The lowest BCUT2D eigenvalue weighted by Gasteiger charge is -2.13. The summed E-state index contributed by atoms with van der Waals surface area (Å²) in [5.41, 5.74) is 2.43. The first-order valence-corrected chi connectivity index (χ1v) is 11.6. The molecule has 3 aromatic rings. The molecular formula is C29H30O6. The van der Waals surface area contributed by atoms with E-state index >= 15 is 0 Å². The highest BCUT2D eigenvalue weighted by Gasteiger charge is 2.10. The zero-order chi connectivity index (χ0) is 25.0. The van der Waals surface area contributed by atoms with Gasteiger partial charge in [-0.05, 0) is 66.1 Å². The van der Waals surface area contributed by atoms with E-state index in [0.717, 1.165) is 35.1 Å². The second-order valence-electron chi connectivity index (χ2n) is 8.06. The van der Waals surface area contributed by atoms with Crippen molar-refractivity contribution in [2.24, 2.45) is 5.92 Å². The average Bonchev–Trinajstić information content (AvgIpc) is 2.90. The van der Waals surface area contributed by atoms with E-state index in [2.05, 4.69) is 6.58 Å². The van der Waals surface area contributed by atoms with Crippen LogP contribution in [0, 0.1) is 5.92 Å². The predicted octanol–water partition coefficient (Wildman–Crippen LogP) is 6.11. The maximum atomic E-state index is 12.5. The van der Waals surface area contributed by atoms with Crippen LogP contribution in [0.4, 0.5) is 0 Å². The van der Waals surface area contributed by atoms with Gasteiger partial charge in [0.25, 0.3) is 0 Å². The summed E-state index contributed by atoms with van der Waals surface area (Å²) in [5.74, 6) is 1.13. The van der Waals surface area contributed by atoms with Crippen molar-refractivity contribution >= 4 is 11.9 Å². The number of benzene rings is 3. The first-order valence-electron chi connectivity index (χ1n) is 11.6. The second-order valence-corrected chi connectivity index (χ2v) is 8.06. The number of carbonyl (C=O) groups is 2. The fourth-order valence-electron chi connectivity index (χ4n) is 3.10. The molecule has 0 N–H and O–H groups in total. The van der Waals surface area contributed by atoms with Gasteiger partial charge >= 0.3 is 11.9 Å². The van der Waals surface area contributed by atoms with Gasteiger partial charge in [-0.1, -0.05) is 44.7 Å². The summed E-state index contributed by atoms with van der Waals surface area (Å²) in [7, 11) is 0. The van der Waals surface area contributed by atoms with E-state index in [1.807, 2.05) is 50.2 Å². The fraction of sp³-hybridized carbons (Fsp3) is 0.241. The quantitative estimate of drug-likeness (QED) is 0.179. The maximum absolute atomic E-state index is 12.5. The Morgan fingerprint density at radius 3 is 1.94 bits per heavy atom. The van der Waals surface area contributed by atoms with E-state index in [9.17, 15) is 9.59 Å². The highest BCUT2D eigenvalue weighted by atomic mass is 16.5. The molecule has 0 saturated carbocycles. The summed E-state index contributed by atoms with van der Waals surface area (Å²) >= 11 is 0. The highest BCUT2D eigenvalue weighted by Crippen LogP contribution is 2.24. The molecule has 0 aliphatic rings. The van der Waals surface area contributed by atoms with Gasteiger partial charge in [-0.25, -0.2) is 9.59 Å². The summed E-state index contributed by atoms with van der Waals surface area (Å²) in [6.45, 7) is 8.70. The number of esters is 2. The van der Waals surface area contributed by atoms with Gasteiger partial charge in [-0.2, -0.15) is 0 Å². The van der Waals surface area contributed by atoms with Crippen molar-refractivity contribution in [3.8, 4) is 28.4 Å². The van der Waals surface area contributed by atoms with Crippen molar-refractivity contribution in [3.05, 3.63) is 91.0 Å². The molecule has 0 aliphatic heterocycles. The van der Waals surface area contributed by atoms with Crippen molar-refractivity contribution < 1.29 is 28.5 Å². The third kappa shape index (κ3) is 8.03. The predicted molar refractivity (Wildman–Crippen MR) is 135 cm³/mol. The number of carbonyl (C=O) groups excluding carboxylic acids is 2. The van der Waals surface area contributed by atoms with E-state index in [1.54, 1.807) is 36.4 Å². The van der Waals surface area contributed by atoms with Crippen LogP contribution >= 0.6 is 0 Å². The summed E-state index contributed by atoms with van der Waals surface area (Å²) in [5, 5.41) is 0. The first kappa shape index (κ1) is 25.6. The molecule has 35 heavy (non-hydrogen) atoms. The molecular weight excluding hydrogens is 444 g/mol. The van der Waals surface area contributed by atoms with E-state index in [-0.39, 0.29) is 12.5 Å². The van der Waals surface area contributed by atoms with Crippen LogP contribution in [-0.2, 0) is 9.53 Å². The van der Waals surface area contributed by atoms with Crippen LogP contribution in [0.15, 0.2) is 85.5 Å². The molecule has 0 amide bonds. The summed E-state index contributed by atoms with van der Waals surface area (Å²) < 4.78 is 21.8. The van der Waals surface area contributed by atoms with Crippen molar-refractivity contribution in [3.63, 3.8) is 0 Å². The maximum Gasteiger partial charge on any atom is 0.343 e. The molecule has 0 aliphatic carbocycles. The lowest BCUT2D eigenvalue weighted by Crippen LogP contribution is -2.16. The molecule has 0 spiro atoms. The van der Waals surface area contributed by atoms with Gasteiger partial charge in [-0.15, -0.1) is 0 Å². The van der Waals surface area contributed by atoms with E-state index in [0.29, 0.717) is 24.5 Å². The SMILES string of the molecule is C=CC(=O)OC[C@H](C)COc1ccc(-c2ccc(C(=O)Oc3ccc(OCCC)cc3)cc2)cc1. The zero-order valence-electron chi connectivity index (χ0n) is 20.1. The highest BCUT2D eigenvalue weighted by molar-refractivity contribution is 5.91. The van der Waals surface area contributed by atoms with Crippen molar-refractivity contribution in [2.75, 3.05) is 19.8 Å². The van der Waals surface area contributed by atoms with Crippen molar-refractivity contribution in [2.45, 2.75) is 20.3 Å². The van der Waals surface area contributed by atoms with Crippen LogP contribution in [0.3, 0.4) is 0 Å². The number of hydrogen-bond donors (Lipinski definition) is 0. The molecule has 3 rings (SSSR count). The summed E-state index contributed by atoms with van der Waals surface area (Å²) in [6, 6.07) is 21.9. The van der Waals surface area contributed by atoms with E-state index in [1.165, 1.54) is 0 Å². The lowest BCUT2D eigenvalue weighted by molar-refractivity contribution is -0.139. The Hall–Kier alpha value is -4.06. The molecule has 6 nitrogen and oxygen atoms in total. The molecule has 0 radical (unpaired) electrons. The van der Waals surface area contributed by atoms with Gasteiger partial charge < -0.3 is 18.9 Å². The summed E-state index contributed by atoms with van der Waals surface area (Å²) in [4.78, 5) is 23.6. The Kier molecular flexibility index (Phi) is 9.49. The molecule has 0 unspecified atom stereocenters. The third-order valence-electron chi connectivity index (χ3n) is 5.03. The van der Waals surface area contributed by atoms with Gasteiger partial charge in [0.1, 0.15) is 17.2 Å². The second kappa shape index (κ2) is 13.0. The Bertz CT molecular complexity index is 1100. The number of rotatable bonds is 12. The molecule has 0 aromatic heterocycles. The largest absolute Gasteiger partial charge is 0.494 e. The van der Waals surface area contributed by atoms with Crippen LogP contribution in [0.5, 0.6) is 17.2 Å². The van der Waals surface area contributed by atoms with Gasteiger partial charge in [0.2, 0.25) is 0 Å². The van der Waals surface area contributed by atoms with Crippen LogP contribution in [0.2, 0.25) is 0 Å². The van der Waals surface area contributed by atoms with Crippen molar-refractivity contribution in [1.82, 2.24) is 0 Å². The minimum absolute atomic E-state index is 0.0539.